The van der Waals surface area contributed by atoms with Crippen LogP contribution in [0.15, 0.2) is 18.2 Å². The number of fused-ring (bicyclic) bond motifs is 4. The normalized spacial score (nSPS) is 33.8. The van der Waals surface area contributed by atoms with Crippen LogP contribution in [0.5, 0.6) is 0 Å². The van der Waals surface area contributed by atoms with Gasteiger partial charge in [0.2, 0.25) is 17.7 Å². The van der Waals surface area contributed by atoms with Crippen molar-refractivity contribution in [3.05, 3.63) is 29.6 Å². The number of aliphatic carboxylic acids is 1. The van der Waals surface area contributed by atoms with E-state index in [0.29, 0.717) is 12.3 Å². The molecule has 0 saturated carbocycles. The van der Waals surface area contributed by atoms with Gasteiger partial charge < -0.3 is 15.2 Å². The number of carboxylic acid groups (broad SMARTS) is 1. The van der Waals surface area contributed by atoms with Crippen LogP contribution in [-0.4, -0.2) is 59.0 Å². The third-order valence-electron chi connectivity index (χ3n) is 6.85. The predicted molar refractivity (Wildman–Crippen MR) is 103 cm³/mol. The molecule has 0 bridgehead atoms. The average molecular weight is 431 g/mol. The van der Waals surface area contributed by atoms with Gasteiger partial charge in [-0.15, -0.1) is 0 Å². The first-order valence-corrected chi connectivity index (χ1v) is 10.4. The summed E-state index contributed by atoms with van der Waals surface area (Å²) in [7, 11) is 0. The zero-order chi connectivity index (χ0) is 21.9. The van der Waals surface area contributed by atoms with E-state index in [9.17, 15) is 23.6 Å². The summed E-state index contributed by atoms with van der Waals surface area (Å²) >= 11 is 0. The highest BCUT2D eigenvalue weighted by Gasteiger charge is 2.70. The molecule has 0 radical (unpaired) electrons. The quantitative estimate of drug-likeness (QED) is 0.583. The number of anilines is 1. The van der Waals surface area contributed by atoms with Crippen molar-refractivity contribution in [3.63, 3.8) is 0 Å². The minimum Gasteiger partial charge on any atom is -0.481 e. The molecule has 3 N–H and O–H groups in total. The molecule has 1 aromatic carbocycles. The van der Waals surface area contributed by atoms with E-state index < -0.39 is 52.9 Å². The molecule has 164 valence electrons. The summed E-state index contributed by atoms with van der Waals surface area (Å²) in [6.07, 6.45) is 1.14. The Kier molecular flexibility index (Phi) is 4.60. The minimum atomic E-state index is -1.62. The van der Waals surface area contributed by atoms with Gasteiger partial charge in [0, 0.05) is 30.3 Å². The predicted octanol–water partition coefficient (Wildman–Crippen LogP) is 0.590. The molecule has 3 fully saturated rings. The highest BCUT2D eigenvalue weighted by Crippen LogP contribution is 2.53. The number of rotatable bonds is 5. The van der Waals surface area contributed by atoms with Crippen molar-refractivity contribution in [3.8, 4) is 0 Å². The number of nitrogens with zero attached hydrogens (tertiary/aromatic N) is 1. The highest BCUT2D eigenvalue weighted by atomic mass is 19.1. The fraction of sp³-hybridized carbons (Fsp3) is 0.524. The number of imide groups is 1. The summed E-state index contributed by atoms with van der Waals surface area (Å²) in [4.78, 5) is 52.3. The van der Waals surface area contributed by atoms with E-state index in [0.717, 1.165) is 17.7 Å². The molecule has 0 unspecified atom stereocenters. The van der Waals surface area contributed by atoms with E-state index in [1.54, 1.807) is 0 Å². The summed E-state index contributed by atoms with van der Waals surface area (Å²) in [6, 6.07) is 3.10. The van der Waals surface area contributed by atoms with E-state index >= 15 is 0 Å². The van der Waals surface area contributed by atoms with Gasteiger partial charge in [0.25, 0.3) is 0 Å². The topological polar surface area (TPSA) is 125 Å². The van der Waals surface area contributed by atoms with Gasteiger partial charge >= 0.3 is 5.97 Å². The molecule has 3 saturated heterocycles. The SMILES string of the molecule is O=C(O)CC[C@@H]1N[C@@]2(C(=O)Nc3ccc(F)cc32)[C@H]2C(=O)N(C[C@@H]3CCCO3)C(=O)[C@@H]12. The number of carboxylic acids is 1. The summed E-state index contributed by atoms with van der Waals surface area (Å²) in [6.45, 7) is 0.666. The van der Waals surface area contributed by atoms with Crippen LogP contribution >= 0.6 is 0 Å². The molecule has 4 aliphatic rings. The Morgan fingerprint density at radius 1 is 1.29 bits per heavy atom. The van der Waals surface area contributed by atoms with E-state index in [4.69, 9.17) is 9.84 Å². The number of amides is 3. The first-order chi connectivity index (χ1) is 14.8. The van der Waals surface area contributed by atoms with Crippen LogP contribution < -0.4 is 10.6 Å². The van der Waals surface area contributed by atoms with Crippen LogP contribution in [0.2, 0.25) is 0 Å². The van der Waals surface area contributed by atoms with Crippen molar-refractivity contribution >= 4 is 29.4 Å². The van der Waals surface area contributed by atoms with Crippen LogP contribution in [0.4, 0.5) is 10.1 Å². The second kappa shape index (κ2) is 7.10. The lowest BCUT2D eigenvalue weighted by Crippen LogP contribution is -2.53. The molecule has 10 heteroatoms. The van der Waals surface area contributed by atoms with Crippen molar-refractivity contribution in [1.29, 1.82) is 0 Å². The lowest BCUT2D eigenvalue weighted by Gasteiger charge is -2.30. The van der Waals surface area contributed by atoms with Gasteiger partial charge in [0.15, 0.2) is 0 Å². The molecule has 1 aromatic rings. The van der Waals surface area contributed by atoms with Crippen molar-refractivity contribution in [2.24, 2.45) is 11.8 Å². The van der Waals surface area contributed by atoms with Gasteiger partial charge in [0.05, 0.1) is 24.5 Å². The number of hydrogen-bond acceptors (Lipinski definition) is 6. The lowest BCUT2D eigenvalue weighted by atomic mass is 9.76. The summed E-state index contributed by atoms with van der Waals surface area (Å²) < 4.78 is 19.7. The minimum absolute atomic E-state index is 0.0585. The molecule has 4 heterocycles. The summed E-state index contributed by atoms with van der Waals surface area (Å²) in [5.41, 5.74) is -0.983. The maximum atomic E-state index is 14.1. The molecule has 31 heavy (non-hydrogen) atoms. The third kappa shape index (κ3) is 2.89. The number of benzene rings is 1. The Hall–Kier alpha value is -2.85. The standard InChI is InChI=1S/C21H22FN3O6/c22-10-3-4-13-12(8-10)21(20(30)23-13)17-16(14(24-21)5-6-15(26)27)18(28)25(19(17)29)9-11-2-1-7-31-11/h3-4,8,11,14,16-17,24H,1-2,5-7,9H2,(H,23,30)(H,26,27)/t11-,14-,16-,17+,21+/m0/s1. The number of likely N-dealkylation sites (tertiary alicyclic amines) is 1. The van der Waals surface area contributed by atoms with Crippen LogP contribution in [-0.2, 0) is 29.5 Å². The van der Waals surface area contributed by atoms with E-state index in [-0.39, 0.29) is 31.1 Å². The lowest BCUT2D eigenvalue weighted by molar-refractivity contribution is -0.144. The fourth-order valence-electron chi connectivity index (χ4n) is 5.53. The molecule has 3 amide bonds. The van der Waals surface area contributed by atoms with E-state index in [1.165, 1.54) is 18.2 Å². The van der Waals surface area contributed by atoms with Crippen molar-refractivity contribution < 1.29 is 33.4 Å². The summed E-state index contributed by atoms with van der Waals surface area (Å²) in [5.74, 6) is -5.10. The van der Waals surface area contributed by atoms with Gasteiger partial charge in [-0.25, -0.2) is 4.39 Å². The maximum absolute atomic E-state index is 14.1. The number of carbonyl (C=O) groups is 4. The first kappa shape index (κ1) is 20.1. The molecule has 0 aromatic heterocycles. The number of carbonyl (C=O) groups excluding carboxylic acids is 3. The summed E-state index contributed by atoms with van der Waals surface area (Å²) in [5, 5.41) is 14.9. The number of nitrogens with one attached hydrogen (secondary N) is 2. The molecule has 0 aliphatic carbocycles. The van der Waals surface area contributed by atoms with Gasteiger partial charge in [-0.3, -0.25) is 29.4 Å². The zero-order valence-electron chi connectivity index (χ0n) is 16.6. The Bertz CT molecular complexity index is 993. The van der Waals surface area contributed by atoms with Crippen molar-refractivity contribution in [1.82, 2.24) is 10.2 Å². The monoisotopic (exact) mass is 431 g/mol. The van der Waals surface area contributed by atoms with Crippen LogP contribution in [0, 0.1) is 17.7 Å². The fourth-order valence-corrected chi connectivity index (χ4v) is 5.53. The largest absolute Gasteiger partial charge is 0.481 e. The average Bonchev–Trinajstić information content (AvgIpc) is 3.46. The van der Waals surface area contributed by atoms with Crippen molar-refractivity contribution in [2.45, 2.75) is 43.4 Å². The molecule has 5 atom stereocenters. The highest BCUT2D eigenvalue weighted by molar-refractivity contribution is 6.15. The van der Waals surface area contributed by atoms with Crippen LogP contribution in [0.3, 0.4) is 0 Å². The van der Waals surface area contributed by atoms with Gasteiger partial charge in [-0.05, 0) is 37.5 Å². The number of halogens is 1. The zero-order valence-corrected chi connectivity index (χ0v) is 16.6. The van der Waals surface area contributed by atoms with Crippen LogP contribution in [0.1, 0.15) is 31.2 Å². The van der Waals surface area contributed by atoms with Gasteiger partial charge in [-0.2, -0.15) is 0 Å². The molecule has 1 spiro atoms. The van der Waals surface area contributed by atoms with Crippen molar-refractivity contribution in [2.75, 3.05) is 18.5 Å². The smallest absolute Gasteiger partial charge is 0.303 e. The molecule has 4 aliphatic heterocycles. The number of ether oxygens (including phenoxy) is 1. The Balaban J connectivity index is 1.57. The molecular weight excluding hydrogens is 409 g/mol. The second-order valence-electron chi connectivity index (χ2n) is 8.56. The van der Waals surface area contributed by atoms with Gasteiger partial charge in [-0.1, -0.05) is 0 Å². The van der Waals surface area contributed by atoms with E-state index in [1.807, 2.05) is 0 Å². The maximum Gasteiger partial charge on any atom is 0.303 e. The Labute approximate surface area is 176 Å². The van der Waals surface area contributed by atoms with Gasteiger partial charge in [0.1, 0.15) is 11.4 Å². The van der Waals surface area contributed by atoms with E-state index in [2.05, 4.69) is 10.6 Å². The molecule has 9 nitrogen and oxygen atoms in total. The Morgan fingerprint density at radius 2 is 2.10 bits per heavy atom. The second-order valence-corrected chi connectivity index (χ2v) is 8.56. The molecular formula is C21H22FN3O6. The number of hydrogen-bond donors (Lipinski definition) is 3. The third-order valence-corrected chi connectivity index (χ3v) is 6.85. The first-order valence-electron chi connectivity index (χ1n) is 10.4. The Morgan fingerprint density at radius 3 is 2.81 bits per heavy atom. The molecule has 5 rings (SSSR count). The van der Waals surface area contributed by atoms with Crippen LogP contribution in [0.25, 0.3) is 0 Å².